The predicted octanol–water partition coefficient (Wildman–Crippen LogP) is 3.33. The van der Waals surface area contributed by atoms with Crippen LogP contribution in [0.4, 0.5) is 0 Å². The zero-order valence-corrected chi connectivity index (χ0v) is 10.5. The van der Waals surface area contributed by atoms with Crippen molar-refractivity contribution in [2.75, 3.05) is 13.2 Å². The number of ether oxygens (including phenoxy) is 1. The van der Waals surface area contributed by atoms with Crippen LogP contribution in [0.1, 0.15) is 39.0 Å². The van der Waals surface area contributed by atoms with Crippen molar-refractivity contribution in [2.45, 2.75) is 39.0 Å². The van der Waals surface area contributed by atoms with E-state index in [1.165, 1.54) is 18.9 Å². The van der Waals surface area contributed by atoms with E-state index in [-0.39, 0.29) is 6.42 Å². The molecule has 0 aliphatic heterocycles. The lowest BCUT2D eigenvalue weighted by atomic mass is 10.2. The van der Waals surface area contributed by atoms with Crippen LogP contribution in [0, 0.1) is 0 Å². The summed E-state index contributed by atoms with van der Waals surface area (Å²) >= 11 is 0. The maximum absolute atomic E-state index is 10.2. The Kier molecular flexibility index (Phi) is 11.8. The standard InChI is InChI=1S/C14H22O3/c1-2-3-4-5-6-9-12-17-13-10-7-8-11-14(15)16/h5-6,8,10H,2-4,9,11-13H2,1H3,(H,15,16)/b6-5-. The fraction of sp³-hybridized carbons (Fsp3) is 0.571. The molecule has 0 heterocycles. The van der Waals surface area contributed by atoms with E-state index in [1.54, 1.807) is 6.08 Å². The molecule has 3 heteroatoms. The van der Waals surface area contributed by atoms with Crippen LogP contribution in [0.15, 0.2) is 30.0 Å². The Morgan fingerprint density at radius 1 is 1.29 bits per heavy atom. The first-order valence-electron chi connectivity index (χ1n) is 6.11. The highest BCUT2D eigenvalue weighted by molar-refractivity contribution is 5.68. The Hall–Kier alpha value is -1.31. The first kappa shape index (κ1) is 15.7. The lowest BCUT2D eigenvalue weighted by Gasteiger charge is -1.95. The molecule has 0 atom stereocenters. The third kappa shape index (κ3) is 14.7. The smallest absolute Gasteiger partial charge is 0.307 e. The van der Waals surface area contributed by atoms with Crippen molar-refractivity contribution in [1.82, 2.24) is 0 Å². The fourth-order valence-electron chi connectivity index (χ4n) is 1.13. The topological polar surface area (TPSA) is 46.5 Å². The molecule has 0 saturated heterocycles. The second-order valence-electron chi connectivity index (χ2n) is 3.65. The van der Waals surface area contributed by atoms with Crippen molar-refractivity contribution >= 4 is 5.97 Å². The molecule has 0 saturated carbocycles. The van der Waals surface area contributed by atoms with E-state index in [2.05, 4.69) is 24.8 Å². The molecule has 0 aliphatic carbocycles. The Morgan fingerprint density at radius 3 is 2.76 bits per heavy atom. The summed E-state index contributed by atoms with van der Waals surface area (Å²) in [6.07, 6.45) is 12.1. The van der Waals surface area contributed by atoms with Gasteiger partial charge in [0.2, 0.25) is 0 Å². The molecule has 0 aromatic rings. The highest BCUT2D eigenvalue weighted by atomic mass is 16.5. The average molecular weight is 238 g/mol. The third-order valence-corrected chi connectivity index (χ3v) is 2.03. The van der Waals surface area contributed by atoms with E-state index in [1.807, 2.05) is 0 Å². The van der Waals surface area contributed by atoms with Crippen LogP contribution < -0.4 is 0 Å². The molecule has 0 spiro atoms. The number of carbonyl (C=O) groups is 1. The van der Waals surface area contributed by atoms with Crippen molar-refractivity contribution in [3.63, 3.8) is 0 Å². The van der Waals surface area contributed by atoms with Crippen LogP contribution in [0.5, 0.6) is 0 Å². The summed E-state index contributed by atoms with van der Waals surface area (Å²) in [5.74, 6) is -0.843. The van der Waals surface area contributed by atoms with Crippen LogP contribution in [-0.2, 0) is 9.53 Å². The second-order valence-corrected chi connectivity index (χ2v) is 3.65. The van der Waals surface area contributed by atoms with Gasteiger partial charge in [0.05, 0.1) is 19.6 Å². The van der Waals surface area contributed by atoms with Crippen LogP contribution in [0.25, 0.3) is 0 Å². The molecule has 1 N–H and O–H groups in total. The quantitative estimate of drug-likeness (QED) is 0.361. The molecule has 96 valence electrons. The van der Waals surface area contributed by atoms with E-state index in [4.69, 9.17) is 9.84 Å². The normalized spacial score (nSPS) is 10.2. The minimum absolute atomic E-state index is 0.0106. The Labute approximate surface area is 103 Å². The van der Waals surface area contributed by atoms with Gasteiger partial charge in [-0.1, -0.05) is 31.9 Å². The first-order valence-corrected chi connectivity index (χ1v) is 6.11. The van der Waals surface area contributed by atoms with E-state index < -0.39 is 5.97 Å². The van der Waals surface area contributed by atoms with E-state index in [0.29, 0.717) is 13.2 Å². The number of unbranched alkanes of at least 4 members (excludes halogenated alkanes) is 2. The van der Waals surface area contributed by atoms with E-state index in [0.717, 1.165) is 12.8 Å². The molecule has 0 aromatic carbocycles. The minimum atomic E-state index is -0.843. The van der Waals surface area contributed by atoms with Gasteiger partial charge in [-0.25, -0.2) is 0 Å². The molecule has 0 amide bonds. The number of carboxylic acids is 1. The van der Waals surface area contributed by atoms with Gasteiger partial charge in [-0.15, -0.1) is 5.73 Å². The van der Waals surface area contributed by atoms with Crippen LogP contribution in [0.2, 0.25) is 0 Å². The lowest BCUT2D eigenvalue weighted by Crippen LogP contribution is -1.92. The summed E-state index contributed by atoms with van der Waals surface area (Å²) in [4.78, 5) is 10.2. The molecular weight excluding hydrogens is 216 g/mol. The van der Waals surface area contributed by atoms with E-state index >= 15 is 0 Å². The average Bonchev–Trinajstić information content (AvgIpc) is 2.30. The van der Waals surface area contributed by atoms with Crippen molar-refractivity contribution in [3.8, 4) is 0 Å². The number of allylic oxidation sites excluding steroid dienone is 1. The van der Waals surface area contributed by atoms with Gasteiger partial charge in [0.15, 0.2) is 0 Å². The Morgan fingerprint density at radius 2 is 2.06 bits per heavy atom. The second kappa shape index (κ2) is 12.8. The highest BCUT2D eigenvalue weighted by Crippen LogP contribution is 1.96. The predicted molar refractivity (Wildman–Crippen MR) is 69.0 cm³/mol. The van der Waals surface area contributed by atoms with E-state index in [9.17, 15) is 4.79 Å². The Balaban J connectivity index is 3.31. The summed E-state index contributed by atoms with van der Waals surface area (Å²) < 4.78 is 5.31. The van der Waals surface area contributed by atoms with Crippen molar-refractivity contribution < 1.29 is 14.6 Å². The first-order chi connectivity index (χ1) is 8.27. The van der Waals surface area contributed by atoms with Gasteiger partial charge in [0, 0.05) is 0 Å². The summed E-state index contributed by atoms with van der Waals surface area (Å²) in [5.41, 5.74) is 2.76. The van der Waals surface area contributed by atoms with Gasteiger partial charge in [0.25, 0.3) is 0 Å². The molecule has 0 aromatic heterocycles. The molecule has 17 heavy (non-hydrogen) atoms. The molecule has 3 nitrogen and oxygen atoms in total. The summed E-state index contributed by atoms with van der Waals surface area (Å²) in [6, 6.07) is 0. The largest absolute Gasteiger partial charge is 0.481 e. The fourth-order valence-corrected chi connectivity index (χ4v) is 1.13. The van der Waals surface area contributed by atoms with Gasteiger partial charge in [-0.05, 0) is 25.0 Å². The molecule has 0 bridgehead atoms. The number of carboxylic acid groups (broad SMARTS) is 1. The van der Waals surface area contributed by atoms with Gasteiger partial charge < -0.3 is 9.84 Å². The van der Waals surface area contributed by atoms with Gasteiger partial charge in [0.1, 0.15) is 0 Å². The molecule has 0 unspecified atom stereocenters. The lowest BCUT2D eigenvalue weighted by molar-refractivity contribution is -0.135. The number of rotatable bonds is 10. The zero-order chi connectivity index (χ0) is 12.8. The SMILES string of the molecule is CCCC/C=C\CCOCC=C=CCC(=O)O. The highest BCUT2D eigenvalue weighted by Gasteiger charge is 1.86. The van der Waals surface area contributed by atoms with Crippen molar-refractivity contribution in [2.24, 2.45) is 0 Å². The van der Waals surface area contributed by atoms with Crippen LogP contribution in [-0.4, -0.2) is 24.3 Å². The maximum atomic E-state index is 10.2. The number of hydrogen-bond acceptors (Lipinski definition) is 2. The van der Waals surface area contributed by atoms with Crippen LogP contribution >= 0.6 is 0 Å². The number of aliphatic carboxylic acids is 1. The number of hydrogen-bond donors (Lipinski definition) is 1. The molecule has 0 aliphatic rings. The van der Waals surface area contributed by atoms with Gasteiger partial charge in [-0.3, -0.25) is 4.79 Å². The summed E-state index contributed by atoms with van der Waals surface area (Å²) in [7, 11) is 0. The van der Waals surface area contributed by atoms with Gasteiger partial charge in [-0.2, -0.15) is 0 Å². The Bertz CT molecular complexity index is 273. The molecule has 0 fully saturated rings. The van der Waals surface area contributed by atoms with Crippen molar-refractivity contribution in [1.29, 1.82) is 0 Å². The molecule has 0 rings (SSSR count). The molecule has 0 radical (unpaired) electrons. The summed E-state index contributed by atoms with van der Waals surface area (Å²) in [5, 5.41) is 8.35. The third-order valence-electron chi connectivity index (χ3n) is 2.03. The zero-order valence-electron chi connectivity index (χ0n) is 10.5. The maximum Gasteiger partial charge on any atom is 0.307 e. The summed E-state index contributed by atoms with van der Waals surface area (Å²) in [6.45, 7) is 3.36. The minimum Gasteiger partial charge on any atom is -0.481 e. The molecular formula is C14H22O3. The van der Waals surface area contributed by atoms with Gasteiger partial charge >= 0.3 is 5.97 Å². The monoisotopic (exact) mass is 238 g/mol. The van der Waals surface area contributed by atoms with Crippen molar-refractivity contribution in [3.05, 3.63) is 30.0 Å². The van der Waals surface area contributed by atoms with Crippen LogP contribution in [0.3, 0.4) is 0 Å².